The molecule has 7 heteroatoms. The molecule has 0 unspecified atom stereocenters. The van der Waals surface area contributed by atoms with Crippen LogP contribution in [0.1, 0.15) is 16.1 Å². The molecule has 0 saturated heterocycles. The van der Waals surface area contributed by atoms with Crippen LogP contribution >= 0.6 is 22.9 Å². The van der Waals surface area contributed by atoms with Crippen LogP contribution in [0.5, 0.6) is 0 Å². The van der Waals surface area contributed by atoms with Crippen molar-refractivity contribution < 1.29 is 9.18 Å². The van der Waals surface area contributed by atoms with Gasteiger partial charge in [0.25, 0.3) is 5.91 Å². The number of rotatable bonds is 4. The van der Waals surface area contributed by atoms with Crippen molar-refractivity contribution in [2.75, 3.05) is 0 Å². The Morgan fingerprint density at radius 3 is 2.54 bits per heavy atom. The molecule has 4 nitrogen and oxygen atoms in total. The highest BCUT2D eigenvalue weighted by Gasteiger charge is 2.13. The summed E-state index contributed by atoms with van der Waals surface area (Å²) in [6, 6.07) is 13.6. The van der Waals surface area contributed by atoms with Crippen molar-refractivity contribution in [2.24, 2.45) is 0 Å². The van der Waals surface area contributed by atoms with Gasteiger partial charge in [0, 0.05) is 24.0 Å². The van der Waals surface area contributed by atoms with E-state index in [9.17, 15) is 9.18 Å². The number of nitrogens with one attached hydrogen (secondary N) is 1. The first-order valence-electron chi connectivity index (χ1n) is 7.85. The van der Waals surface area contributed by atoms with Gasteiger partial charge in [-0.25, -0.2) is 9.37 Å². The number of halogens is 2. The number of aromatic nitrogens is 2. The smallest absolute Gasteiger partial charge is 0.271 e. The third-order valence-electron chi connectivity index (χ3n) is 3.88. The molecule has 0 aliphatic carbocycles. The van der Waals surface area contributed by atoms with E-state index in [1.807, 2.05) is 18.3 Å². The molecule has 0 bridgehead atoms. The molecule has 0 spiro atoms. The third kappa shape index (κ3) is 3.47. The lowest BCUT2D eigenvalue weighted by Crippen LogP contribution is -2.23. The molecule has 4 aromatic rings. The average molecular weight is 386 g/mol. The van der Waals surface area contributed by atoms with Gasteiger partial charge in [-0.05, 0) is 35.4 Å². The number of nitrogens with zero attached hydrogens (tertiary/aromatic N) is 2. The first kappa shape index (κ1) is 16.8. The SMILES string of the molecule is O=C(NCc1ccc(Cl)cc1)c1cn2cc(-c3ccc(F)cc3)sc2n1. The first-order valence-corrected chi connectivity index (χ1v) is 9.05. The average Bonchev–Trinajstić information content (AvgIpc) is 3.21. The summed E-state index contributed by atoms with van der Waals surface area (Å²) in [6.07, 6.45) is 3.58. The number of fused-ring (bicyclic) bond motifs is 1. The largest absolute Gasteiger partial charge is 0.347 e. The van der Waals surface area contributed by atoms with Gasteiger partial charge in [0.15, 0.2) is 4.96 Å². The van der Waals surface area contributed by atoms with E-state index in [0.29, 0.717) is 22.2 Å². The second-order valence-corrected chi connectivity index (χ2v) is 7.17. The summed E-state index contributed by atoms with van der Waals surface area (Å²) >= 11 is 7.30. The lowest BCUT2D eigenvalue weighted by atomic mass is 10.2. The molecular formula is C19H13ClFN3OS. The fourth-order valence-corrected chi connectivity index (χ4v) is 3.63. The third-order valence-corrected chi connectivity index (χ3v) is 5.18. The van der Waals surface area contributed by atoms with Crippen LogP contribution in [0, 0.1) is 5.82 Å². The van der Waals surface area contributed by atoms with Crippen LogP contribution in [0.15, 0.2) is 60.9 Å². The lowest BCUT2D eigenvalue weighted by molar-refractivity contribution is 0.0946. The fourth-order valence-electron chi connectivity index (χ4n) is 2.53. The maximum atomic E-state index is 13.0. The highest BCUT2D eigenvalue weighted by molar-refractivity contribution is 7.20. The van der Waals surface area contributed by atoms with Crippen LogP contribution in [0.2, 0.25) is 5.02 Å². The summed E-state index contributed by atoms with van der Waals surface area (Å²) in [6.45, 7) is 0.405. The Morgan fingerprint density at radius 2 is 1.85 bits per heavy atom. The molecule has 2 aromatic heterocycles. The van der Waals surface area contributed by atoms with E-state index in [0.717, 1.165) is 16.0 Å². The van der Waals surface area contributed by atoms with Crippen LogP contribution in [-0.4, -0.2) is 15.3 Å². The second kappa shape index (κ2) is 6.90. The molecule has 2 heterocycles. The van der Waals surface area contributed by atoms with Gasteiger partial charge in [-0.2, -0.15) is 0 Å². The number of thiazole rings is 1. The zero-order valence-electron chi connectivity index (χ0n) is 13.4. The van der Waals surface area contributed by atoms with Gasteiger partial charge in [0.1, 0.15) is 11.5 Å². The highest BCUT2D eigenvalue weighted by atomic mass is 35.5. The fraction of sp³-hybridized carbons (Fsp3) is 0.0526. The van der Waals surface area contributed by atoms with Crippen molar-refractivity contribution in [2.45, 2.75) is 6.54 Å². The van der Waals surface area contributed by atoms with Crippen molar-refractivity contribution in [3.05, 3.63) is 83.0 Å². The Labute approximate surface area is 157 Å². The molecule has 26 heavy (non-hydrogen) atoms. The first-order chi connectivity index (χ1) is 12.6. The van der Waals surface area contributed by atoms with E-state index in [4.69, 9.17) is 11.6 Å². The minimum absolute atomic E-state index is 0.237. The number of carbonyl (C=O) groups excluding carboxylic acids is 1. The molecule has 4 rings (SSSR count). The van der Waals surface area contributed by atoms with Gasteiger partial charge < -0.3 is 5.32 Å². The topological polar surface area (TPSA) is 46.4 Å². The molecule has 0 aliphatic rings. The van der Waals surface area contributed by atoms with Gasteiger partial charge in [-0.1, -0.05) is 47.2 Å². The van der Waals surface area contributed by atoms with E-state index in [2.05, 4.69) is 10.3 Å². The van der Waals surface area contributed by atoms with Gasteiger partial charge in [-0.3, -0.25) is 9.20 Å². The summed E-state index contributed by atoms with van der Waals surface area (Å²) in [7, 11) is 0. The van der Waals surface area contributed by atoms with Crippen LogP contribution in [0.4, 0.5) is 4.39 Å². The molecule has 0 radical (unpaired) electrons. The van der Waals surface area contributed by atoms with E-state index in [-0.39, 0.29) is 11.7 Å². The van der Waals surface area contributed by atoms with Gasteiger partial charge in [0.05, 0.1) is 4.88 Å². The Kier molecular flexibility index (Phi) is 4.44. The molecule has 0 fully saturated rings. The van der Waals surface area contributed by atoms with E-state index in [1.54, 1.807) is 34.9 Å². The highest BCUT2D eigenvalue weighted by Crippen LogP contribution is 2.28. The minimum atomic E-state index is -0.269. The van der Waals surface area contributed by atoms with Crippen molar-refractivity contribution in [3.63, 3.8) is 0 Å². The number of carbonyl (C=O) groups is 1. The van der Waals surface area contributed by atoms with Gasteiger partial charge in [-0.15, -0.1) is 0 Å². The Hall–Kier alpha value is -2.70. The molecule has 0 atom stereocenters. The summed E-state index contributed by atoms with van der Waals surface area (Å²) in [5, 5.41) is 3.50. The van der Waals surface area contributed by atoms with Crippen LogP contribution in [-0.2, 0) is 6.54 Å². The van der Waals surface area contributed by atoms with Crippen LogP contribution in [0.3, 0.4) is 0 Å². The Bertz CT molecular complexity index is 1040. The molecule has 1 N–H and O–H groups in total. The summed E-state index contributed by atoms with van der Waals surface area (Å²) < 4.78 is 14.8. The second-order valence-electron chi connectivity index (χ2n) is 5.73. The summed E-state index contributed by atoms with van der Waals surface area (Å²) in [4.78, 5) is 18.3. The molecule has 1 amide bonds. The zero-order valence-corrected chi connectivity index (χ0v) is 15.0. The van der Waals surface area contributed by atoms with E-state index < -0.39 is 0 Å². The maximum Gasteiger partial charge on any atom is 0.271 e. The standard InChI is InChI=1S/C19H13ClFN3OS/c20-14-5-1-12(2-6-14)9-22-18(25)16-10-24-11-17(26-19(24)23-16)13-3-7-15(21)8-4-13/h1-8,10-11H,9H2,(H,22,25). The molecule has 0 aliphatic heterocycles. The van der Waals surface area contributed by atoms with E-state index >= 15 is 0 Å². The Morgan fingerprint density at radius 1 is 1.12 bits per heavy atom. The monoisotopic (exact) mass is 385 g/mol. The molecular weight excluding hydrogens is 373 g/mol. The van der Waals surface area contributed by atoms with Gasteiger partial charge >= 0.3 is 0 Å². The molecule has 130 valence electrons. The number of imidazole rings is 1. The van der Waals surface area contributed by atoms with Crippen LogP contribution in [0.25, 0.3) is 15.4 Å². The molecule has 0 saturated carbocycles. The number of hydrogen-bond acceptors (Lipinski definition) is 3. The number of benzene rings is 2. The summed E-state index contributed by atoms with van der Waals surface area (Å²) in [5.74, 6) is -0.506. The predicted molar refractivity (Wildman–Crippen MR) is 101 cm³/mol. The maximum absolute atomic E-state index is 13.0. The normalized spacial score (nSPS) is 11.0. The lowest BCUT2D eigenvalue weighted by Gasteiger charge is -2.03. The quantitative estimate of drug-likeness (QED) is 0.549. The van der Waals surface area contributed by atoms with Crippen molar-refractivity contribution >= 4 is 33.8 Å². The molecule has 2 aromatic carbocycles. The Balaban J connectivity index is 1.48. The summed E-state index contributed by atoms with van der Waals surface area (Å²) in [5.41, 5.74) is 2.23. The predicted octanol–water partition coefficient (Wildman–Crippen LogP) is 4.79. The number of amides is 1. The van der Waals surface area contributed by atoms with E-state index in [1.165, 1.54) is 23.5 Å². The van der Waals surface area contributed by atoms with Crippen molar-refractivity contribution in [1.29, 1.82) is 0 Å². The van der Waals surface area contributed by atoms with Crippen LogP contribution < -0.4 is 5.32 Å². The van der Waals surface area contributed by atoms with Crippen molar-refractivity contribution in [3.8, 4) is 10.4 Å². The van der Waals surface area contributed by atoms with Gasteiger partial charge in [0.2, 0.25) is 0 Å². The van der Waals surface area contributed by atoms with Crippen molar-refractivity contribution in [1.82, 2.24) is 14.7 Å². The number of hydrogen-bond donors (Lipinski definition) is 1. The zero-order chi connectivity index (χ0) is 18.1. The minimum Gasteiger partial charge on any atom is -0.347 e.